The van der Waals surface area contributed by atoms with Crippen LogP contribution in [0.3, 0.4) is 0 Å². The van der Waals surface area contributed by atoms with Gasteiger partial charge in [-0.2, -0.15) is 0 Å². The van der Waals surface area contributed by atoms with Crippen molar-refractivity contribution < 1.29 is 14.1 Å². The Morgan fingerprint density at radius 1 is 1.61 bits per heavy atom. The third-order valence-electron chi connectivity index (χ3n) is 2.71. The van der Waals surface area contributed by atoms with Crippen LogP contribution in [0.15, 0.2) is 6.07 Å². The number of nitrogens with one attached hydrogen (secondary N) is 1. The number of aromatic carboxylic acids is 1. The Morgan fingerprint density at radius 3 is 2.78 bits per heavy atom. The van der Waals surface area contributed by atoms with E-state index in [0.29, 0.717) is 17.2 Å². The summed E-state index contributed by atoms with van der Waals surface area (Å²) in [5.74, 6) is -0.180. The smallest absolute Gasteiger partial charge is 0.345 e. The number of aryl methyl sites for hydroxylation is 1. The van der Waals surface area contributed by atoms with Crippen molar-refractivity contribution >= 4 is 28.1 Å². The van der Waals surface area contributed by atoms with E-state index in [9.17, 15) is 9.00 Å². The minimum Gasteiger partial charge on any atom is -0.477 e. The van der Waals surface area contributed by atoms with E-state index in [0.717, 1.165) is 16.9 Å². The van der Waals surface area contributed by atoms with Gasteiger partial charge in [0.25, 0.3) is 0 Å². The van der Waals surface area contributed by atoms with Gasteiger partial charge in [-0.05, 0) is 31.9 Å². The summed E-state index contributed by atoms with van der Waals surface area (Å²) in [4.78, 5) is 12.3. The van der Waals surface area contributed by atoms with Gasteiger partial charge in [0.2, 0.25) is 0 Å². The molecule has 102 valence electrons. The Labute approximate surface area is 114 Å². The van der Waals surface area contributed by atoms with E-state index >= 15 is 0 Å². The quantitative estimate of drug-likeness (QED) is 0.806. The third kappa shape index (κ3) is 4.88. The lowest BCUT2D eigenvalue weighted by molar-refractivity contribution is 0.0702. The molecule has 0 fully saturated rings. The van der Waals surface area contributed by atoms with Crippen LogP contribution in [0.2, 0.25) is 0 Å². The molecule has 0 saturated heterocycles. The molecule has 0 saturated carbocycles. The van der Waals surface area contributed by atoms with Crippen LogP contribution in [0, 0.1) is 6.92 Å². The molecule has 1 aromatic heterocycles. The molecule has 2 unspecified atom stereocenters. The second-order valence-corrected chi connectivity index (χ2v) is 7.16. The number of hydrogen-bond acceptors (Lipinski definition) is 4. The van der Waals surface area contributed by atoms with Gasteiger partial charge < -0.3 is 10.4 Å². The lowest BCUT2D eigenvalue weighted by Gasteiger charge is -2.12. The van der Waals surface area contributed by atoms with Gasteiger partial charge in [-0.1, -0.05) is 0 Å². The highest BCUT2D eigenvalue weighted by Gasteiger charge is 2.11. The Bertz CT molecular complexity index is 443. The second kappa shape index (κ2) is 7.01. The van der Waals surface area contributed by atoms with Crippen LogP contribution >= 0.6 is 11.3 Å². The zero-order valence-electron chi connectivity index (χ0n) is 10.9. The molecule has 0 aliphatic heterocycles. The fourth-order valence-electron chi connectivity index (χ4n) is 1.53. The topological polar surface area (TPSA) is 66.4 Å². The minimum absolute atomic E-state index is 0.279. The summed E-state index contributed by atoms with van der Waals surface area (Å²) in [5.41, 5.74) is 1.03. The summed E-state index contributed by atoms with van der Waals surface area (Å²) in [5, 5.41) is 12.2. The Morgan fingerprint density at radius 2 is 2.28 bits per heavy atom. The molecule has 2 atom stereocenters. The number of hydrogen-bond donors (Lipinski definition) is 2. The van der Waals surface area contributed by atoms with Crippen LogP contribution in [0.5, 0.6) is 0 Å². The van der Waals surface area contributed by atoms with Gasteiger partial charge in [-0.25, -0.2) is 4.79 Å². The Balaban J connectivity index is 2.48. The molecule has 0 amide bonds. The zero-order chi connectivity index (χ0) is 13.7. The van der Waals surface area contributed by atoms with Crippen molar-refractivity contribution in [2.75, 3.05) is 12.0 Å². The average molecular weight is 289 g/mol. The van der Waals surface area contributed by atoms with Gasteiger partial charge >= 0.3 is 5.97 Å². The van der Waals surface area contributed by atoms with Crippen LogP contribution in [0.4, 0.5) is 0 Å². The molecule has 18 heavy (non-hydrogen) atoms. The molecule has 0 bridgehead atoms. The first-order chi connectivity index (χ1) is 8.40. The lowest BCUT2D eigenvalue weighted by Crippen LogP contribution is -2.27. The summed E-state index contributed by atoms with van der Waals surface area (Å²) >= 11 is 1.30. The summed E-state index contributed by atoms with van der Waals surface area (Å²) in [7, 11) is -0.756. The summed E-state index contributed by atoms with van der Waals surface area (Å²) in [6.07, 6.45) is 2.56. The van der Waals surface area contributed by atoms with Crippen molar-refractivity contribution in [1.82, 2.24) is 5.32 Å². The fraction of sp³-hybridized carbons (Fsp3) is 0.583. The maximum Gasteiger partial charge on any atom is 0.345 e. The molecule has 6 heteroatoms. The van der Waals surface area contributed by atoms with Gasteiger partial charge in [0, 0.05) is 40.3 Å². The molecule has 1 rings (SSSR count). The first-order valence-corrected chi connectivity index (χ1v) is 8.30. The van der Waals surface area contributed by atoms with E-state index < -0.39 is 16.8 Å². The number of thiophene rings is 1. The highest BCUT2D eigenvalue weighted by atomic mass is 32.2. The van der Waals surface area contributed by atoms with Crippen LogP contribution in [-0.4, -0.2) is 33.3 Å². The highest BCUT2D eigenvalue weighted by Crippen LogP contribution is 2.21. The Kier molecular flexibility index (Phi) is 5.98. The second-order valence-electron chi connectivity index (χ2n) is 4.35. The lowest BCUT2D eigenvalue weighted by atomic mass is 10.2. The molecule has 0 radical (unpaired) electrons. The predicted octanol–water partition coefficient (Wildman–Crippen LogP) is 2.00. The molecule has 0 spiro atoms. The van der Waals surface area contributed by atoms with E-state index in [1.165, 1.54) is 11.3 Å². The van der Waals surface area contributed by atoms with Crippen LogP contribution in [0.25, 0.3) is 0 Å². The third-order valence-corrected chi connectivity index (χ3v) is 4.60. The minimum atomic E-state index is -0.872. The maximum atomic E-state index is 11.0. The van der Waals surface area contributed by atoms with E-state index in [1.54, 1.807) is 12.3 Å². The van der Waals surface area contributed by atoms with Crippen molar-refractivity contribution in [2.45, 2.75) is 32.9 Å². The molecule has 0 aromatic carbocycles. The summed E-state index contributed by atoms with van der Waals surface area (Å²) < 4.78 is 11.0. The van der Waals surface area contributed by atoms with Gasteiger partial charge in [0.1, 0.15) is 4.88 Å². The molecule has 4 nitrogen and oxygen atoms in total. The van der Waals surface area contributed by atoms with Crippen molar-refractivity contribution in [3.63, 3.8) is 0 Å². The van der Waals surface area contributed by atoms with Gasteiger partial charge in [0.15, 0.2) is 0 Å². The standard InChI is InChI=1S/C12H19NO3S2/c1-8(4-5-18(3)16)13-7-10-6-11(12(14)15)17-9(10)2/h6,8,13H,4-5,7H2,1-3H3,(H,14,15). The maximum absolute atomic E-state index is 11.0. The van der Waals surface area contributed by atoms with Gasteiger partial charge in [-0.15, -0.1) is 11.3 Å². The molecular formula is C12H19NO3S2. The first kappa shape index (κ1) is 15.3. The van der Waals surface area contributed by atoms with Crippen molar-refractivity contribution in [3.05, 3.63) is 21.4 Å². The number of carboxylic acids is 1. The fourth-order valence-corrected chi connectivity index (χ4v) is 3.10. The van der Waals surface area contributed by atoms with Crippen LogP contribution in [-0.2, 0) is 17.3 Å². The van der Waals surface area contributed by atoms with E-state index in [1.807, 2.05) is 13.8 Å². The molecule has 0 aliphatic rings. The van der Waals surface area contributed by atoms with E-state index in [2.05, 4.69) is 5.32 Å². The number of rotatable bonds is 7. The Hall–Kier alpha value is -0.720. The van der Waals surface area contributed by atoms with E-state index in [4.69, 9.17) is 5.11 Å². The average Bonchev–Trinajstić information content (AvgIpc) is 2.65. The van der Waals surface area contributed by atoms with Crippen LogP contribution in [0.1, 0.15) is 33.5 Å². The van der Waals surface area contributed by atoms with Crippen molar-refractivity contribution in [1.29, 1.82) is 0 Å². The normalized spacial score (nSPS) is 14.4. The van der Waals surface area contributed by atoms with Crippen molar-refractivity contribution in [3.8, 4) is 0 Å². The van der Waals surface area contributed by atoms with E-state index in [-0.39, 0.29) is 6.04 Å². The highest BCUT2D eigenvalue weighted by molar-refractivity contribution is 7.84. The van der Waals surface area contributed by atoms with Gasteiger partial charge in [0.05, 0.1) is 0 Å². The summed E-state index contributed by atoms with van der Waals surface area (Å²) in [6, 6.07) is 2.00. The zero-order valence-corrected chi connectivity index (χ0v) is 12.5. The molecule has 1 aromatic rings. The van der Waals surface area contributed by atoms with Gasteiger partial charge in [-0.3, -0.25) is 4.21 Å². The largest absolute Gasteiger partial charge is 0.477 e. The van der Waals surface area contributed by atoms with Crippen molar-refractivity contribution in [2.24, 2.45) is 0 Å². The monoisotopic (exact) mass is 289 g/mol. The summed E-state index contributed by atoms with van der Waals surface area (Å²) in [6.45, 7) is 4.64. The number of carbonyl (C=O) groups is 1. The number of carboxylic acid groups (broad SMARTS) is 1. The SMILES string of the molecule is Cc1sc(C(=O)O)cc1CNC(C)CCS(C)=O. The molecule has 0 aliphatic carbocycles. The van der Waals surface area contributed by atoms with Crippen LogP contribution < -0.4 is 5.32 Å². The molecule has 1 heterocycles. The first-order valence-electron chi connectivity index (χ1n) is 5.76. The predicted molar refractivity (Wildman–Crippen MR) is 75.9 cm³/mol. The molecular weight excluding hydrogens is 270 g/mol. The molecule has 2 N–H and O–H groups in total.